The van der Waals surface area contributed by atoms with Crippen LogP contribution in [0.15, 0.2) is 24.4 Å². The van der Waals surface area contributed by atoms with Crippen molar-refractivity contribution >= 4 is 22.5 Å². The fourth-order valence-electron chi connectivity index (χ4n) is 2.56. The predicted octanol–water partition coefficient (Wildman–Crippen LogP) is 1.63. The SMILES string of the molecule is NC1CCC(C(=O)Nc2cccc3cn[nH]c23)C1. The molecule has 1 heterocycles. The largest absolute Gasteiger partial charge is 0.328 e. The van der Waals surface area contributed by atoms with E-state index >= 15 is 0 Å². The molecule has 0 saturated heterocycles. The average molecular weight is 244 g/mol. The number of hydrogen-bond donors (Lipinski definition) is 3. The average Bonchev–Trinajstić information content (AvgIpc) is 2.97. The van der Waals surface area contributed by atoms with Gasteiger partial charge in [-0.05, 0) is 25.3 Å². The number of amides is 1. The smallest absolute Gasteiger partial charge is 0.227 e. The zero-order valence-corrected chi connectivity index (χ0v) is 10.0. The van der Waals surface area contributed by atoms with E-state index in [2.05, 4.69) is 15.5 Å². The van der Waals surface area contributed by atoms with Crippen LogP contribution in [0.3, 0.4) is 0 Å². The van der Waals surface area contributed by atoms with Crippen LogP contribution < -0.4 is 11.1 Å². The van der Waals surface area contributed by atoms with Gasteiger partial charge in [-0.25, -0.2) is 0 Å². The molecule has 1 saturated carbocycles. The lowest BCUT2D eigenvalue weighted by molar-refractivity contribution is -0.119. The van der Waals surface area contributed by atoms with Gasteiger partial charge in [0.05, 0.1) is 17.4 Å². The number of hydrogen-bond acceptors (Lipinski definition) is 3. The van der Waals surface area contributed by atoms with Gasteiger partial charge in [-0.3, -0.25) is 9.89 Å². The minimum absolute atomic E-state index is 0.0400. The Morgan fingerprint density at radius 3 is 3.11 bits per heavy atom. The molecule has 2 aromatic rings. The molecule has 1 fully saturated rings. The number of nitrogens with zero attached hydrogens (tertiary/aromatic N) is 1. The van der Waals surface area contributed by atoms with E-state index in [-0.39, 0.29) is 17.9 Å². The van der Waals surface area contributed by atoms with Crippen LogP contribution in [0.5, 0.6) is 0 Å². The molecular weight excluding hydrogens is 228 g/mol. The van der Waals surface area contributed by atoms with Gasteiger partial charge in [0.1, 0.15) is 0 Å². The fraction of sp³-hybridized carbons (Fsp3) is 0.385. The first kappa shape index (κ1) is 11.2. The number of rotatable bonds is 2. The minimum atomic E-state index is 0.0400. The summed E-state index contributed by atoms with van der Waals surface area (Å²) in [7, 11) is 0. The molecule has 1 amide bonds. The summed E-state index contributed by atoms with van der Waals surface area (Å²) in [5.74, 6) is 0.100. The van der Waals surface area contributed by atoms with Gasteiger partial charge in [0.25, 0.3) is 0 Å². The highest BCUT2D eigenvalue weighted by Crippen LogP contribution is 2.27. The molecule has 5 nitrogen and oxygen atoms in total. The Bertz CT molecular complexity index is 577. The van der Waals surface area contributed by atoms with Crippen LogP contribution in [-0.2, 0) is 4.79 Å². The molecule has 94 valence electrons. The number of benzene rings is 1. The van der Waals surface area contributed by atoms with Crippen molar-refractivity contribution in [1.29, 1.82) is 0 Å². The molecule has 2 unspecified atom stereocenters. The lowest BCUT2D eigenvalue weighted by Gasteiger charge is -2.11. The fourth-order valence-corrected chi connectivity index (χ4v) is 2.56. The second-order valence-corrected chi connectivity index (χ2v) is 4.90. The third-order valence-corrected chi connectivity index (χ3v) is 3.58. The third kappa shape index (κ3) is 1.97. The summed E-state index contributed by atoms with van der Waals surface area (Å²) < 4.78 is 0. The normalized spacial score (nSPS) is 23.4. The summed E-state index contributed by atoms with van der Waals surface area (Å²) in [6.45, 7) is 0. The Labute approximate surface area is 105 Å². The first-order chi connectivity index (χ1) is 8.74. The highest BCUT2D eigenvalue weighted by atomic mass is 16.1. The number of carbonyl (C=O) groups excluding carboxylic acids is 1. The molecular formula is C13H16N4O. The number of nitrogens with one attached hydrogen (secondary N) is 2. The van der Waals surface area contributed by atoms with Crippen molar-refractivity contribution in [3.63, 3.8) is 0 Å². The van der Waals surface area contributed by atoms with Crippen molar-refractivity contribution in [3.05, 3.63) is 24.4 Å². The van der Waals surface area contributed by atoms with Crippen LogP contribution in [0.4, 0.5) is 5.69 Å². The molecule has 1 aliphatic rings. The van der Waals surface area contributed by atoms with E-state index in [0.717, 1.165) is 35.9 Å². The quantitative estimate of drug-likeness (QED) is 0.750. The van der Waals surface area contributed by atoms with E-state index in [1.807, 2.05) is 18.2 Å². The molecule has 5 heteroatoms. The lowest BCUT2D eigenvalue weighted by Crippen LogP contribution is -2.23. The van der Waals surface area contributed by atoms with Crippen molar-refractivity contribution in [3.8, 4) is 0 Å². The highest BCUT2D eigenvalue weighted by molar-refractivity contribution is 6.01. The summed E-state index contributed by atoms with van der Waals surface area (Å²) in [5, 5.41) is 10.8. The molecule has 2 atom stereocenters. The lowest BCUT2D eigenvalue weighted by atomic mass is 10.1. The number of aromatic nitrogens is 2. The summed E-state index contributed by atoms with van der Waals surface area (Å²) in [5.41, 5.74) is 7.49. The van der Waals surface area contributed by atoms with E-state index in [9.17, 15) is 4.79 Å². The number of fused-ring (bicyclic) bond motifs is 1. The molecule has 0 radical (unpaired) electrons. The summed E-state index contributed by atoms with van der Waals surface area (Å²) in [6, 6.07) is 5.92. The predicted molar refractivity (Wildman–Crippen MR) is 70.0 cm³/mol. The second kappa shape index (κ2) is 4.42. The van der Waals surface area contributed by atoms with E-state index in [1.54, 1.807) is 6.20 Å². The van der Waals surface area contributed by atoms with Gasteiger partial charge < -0.3 is 11.1 Å². The van der Waals surface area contributed by atoms with Crippen molar-refractivity contribution < 1.29 is 4.79 Å². The maximum Gasteiger partial charge on any atom is 0.227 e. The molecule has 1 aromatic heterocycles. The monoisotopic (exact) mass is 244 g/mol. The number of anilines is 1. The van der Waals surface area contributed by atoms with Gasteiger partial charge in [0.15, 0.2) is 0 Å². The molecule has 1 aliphatic carbocycles. The Morgan fingerprint density at radius 1 is 1.44 bits per heavy atom. The first-order valence-corrected chi connectivity index (χ1v) is 6.22. The van der Waals surface area contributed by atoms with Crippen LogP contribution in [0.1, 0.15) is 19.3 Å². The zero-order chi connectivity index (χ0) is 12.5. The Balaban J connectivity index is 1.80. The van der Waals surface area contributed by atoms with Gasteiger partial charge in [-0.2, -0.15) is 5.10 Å². The van der Waals surface area contributed by atoms with Crippen molar-refractivity contribution in [1.82, 2.24) is 10.2 Å². The maximum absolute atomic E-state index is 12.1. The standard InChI is InChI=1S/C13H16N4O/c14-10-5-4-8(6-10)13(18)16-11-3-1-2-9-7-15-17-12(9)11/h1-3,7-8,10H,4-6,14H2,(H,15,17)(H,16,18). The molecule has 0 spiro atoms. The van der Waals surface area contributed by atoms with Crippen molar-refractivity contribution in [2.24, 2.45) is 11.7 Å². The molecule has 18 heavy (non-hydrogen) atoms. The minimum Gasteiger partial charge on any atom is -0.328 e. The number of aromatic amines is 1. The second-order valence-electron chi connectivity index (χ2n) is 4.90. The van der Waals surface area contributed by atoms with Gasteiger partial charge in [0, 0.05) is 17.3 Å². The number of carbonyl (C=O) groups is 1. The molecule has 4 N–H and O–H groups in total. The molecule has 3 rings (SSSR count). The zero-order valence-electron chi connectivity index (χ0n) is 10.0. The van der Waals surface area contributed by atoms with Gasteiger partial charge >= 0.3 is 0 Å². The molecule has 1 aromatic carbocycles. The number of H-pyrrole nitrogens is 1. The topological polar surface area (TPSA) is 83.8 Å². The van der Waals surface area contributed by atoms with E-state index < -0.39 is 0 Å². The number of nitrogens with two attached hydrogens (primary N) is 1. The van der Waals surface area contributed by atoms with E-state index in [0.29, 0.717) is 0 Å². The van der Waals surface area contributed by atoms with Crippen LogP contribution >= 0.6 is 0 Å². The van der Waals surface area contributed by atoms with Crippen LogP contribution in [-0.4, -0.2) is 22.1 Å². The summed E-state index contributed by atoms with van der Waals surface area (Å²) in [4.78, 5) is 12.1. The summed E-state index contributed by atoms with van der Waals surface area (Å²) >= 11 is 0. The maximum atomic E-state index is 12.1. The van der Waals surface area contributed by atoms with E-state index in [1.165, 1.54) is 0 Å². The third-order valence-electron chi connectivity index (χ3n) is 3.58. The molecule has 0 aliphatic heterocycles. The Kier molecular flexibility index (Phi) is 2.76. The Morgan fingerprint density at radius 2 is 2.33 bits per heavy atom. The summed E-state index contributed by atoms with van der Waals surface area (Å²) in [6.07, 6.45) is 4.35. The first-order valence-electron chi connectivity index (χ1n) is 6.22. The van der Waals surface area contributed by atoms with Crippen molar-refractivity contribution in [2.75, 3.05) is 5.32 Å². The van der Waals surface area contributed by atoms with Gasteiger partial charge in [-0.15, -0.1) is 0 Å². The van der Waals surface area contributed by atoms with E-state index in [4.69, 9.17) is 5.73 Å². The van der Waals surface area contributed by atoms with Gasteiger partial charge in [0.2, 0.25) is 5.91 Å². The number of para-hydroxylation sites is 1. The van der Waals surface area contributed by atoms with Crippen LogP contribution in [0.25, 0.3) is 10.9 Å². The highest BCUT2D eigenvalue weighted by Gasteiger charge is 2.27. The van der Waals surface area contributed by atoms with Crippen molar-refractivity contribution in [2.45, 2.75) is 25.3 Å². The van der Waals surface area contributed by atoms with Crippen LogP contribution in [0.2, 0.25) is 0 Å². The Hall–Kier alpha value is -1.88. The molecule has 0 bridgehead atoms. The van der Waals surface area contributed by atoms with Gasteiger partial charge in [-0.1, -0.05) is 12.1 Å². The van der Waals surface area contributed by atoms with Crippen LogP contribution in [0, 0.1) is 5.92 Å².